The van der Waals surface area contributed by atoms with Gasteiger partial charge in [0.1, 0.15) is 5.75 Å². The Hall–Kier alpha value is -4.34. The molecule has 4 aromatic carbocycles. The van der Waals surface area contributed by atoms with Crippen LogP contribution in [-0.2, 0) is 15.4 Å². The fourth-order valence-electron chi connectivity index (χ4n) is 4.52. The van der Waals surface area contributed by atoms with Gasteiger partial charge in [0.05, 0.1) is 21.9 Å². The summed E-state index contributed by atoms with van der Waals surface area (Å²) in [6, 6.07) is 25.9. The molecule has 4 aromatic rings. The maximum atomic E-state index is 13.6. The quantitative estimate of drug-likeness (QED) is 0.130. The molecular weight excluding hydrogens is 538 g/mol. The Morgan fingerprint density at radius 3 is 2.00 bits per heavy atom. The predicted molar refractivity (Wildman–Crippen MR) is 161 cm³/mol. The number of nitrogens with one attached hydrogen (secondary N) is 1. The average Bonchev–Trinajstić information content (AvgIpc) is 2.93. The molecule has 2 atom stereocenters. The van der Waals surface area contributed by atoms with Crippen molar-refractivity contribution < 1.29 is 18.4 Å². The maximum absolute atomic E-state index is 13.6. The average molecular weight is 572 g/mol. The van der Waals surface area contributed by atoms with Crippen LogP contribution in [0.15, 0.2) is 107 Å². The maximum Gasteiger partial charge on any atom is 0.270 e. The number of hydrogen-bond acceptors (Lipinski definition) is 6. The van der Waals surface area contributed by atoms with E-state index in [9.17, 15) is 23.6 Å². The highest BCUT2D eigenvalue weighted by atomic mass is 32.2. The molecular formula is C32H33N3O5S. The van der Waals surface area contributed by atoms with E-state index >= 15 is 0 Å². The van der Waals surface area contributed by atoms with Gasteiger partial charge in [0, 0.05) is 29.5 Å². The van der Waals surface area contributed by atoms with E-state index in [1.54, 1.807) is 24.3 Å². The van der Waals surface area contributed by atoms with Gasteiger partial charge in [-0.2, -0.15) is 0 Å². The highest BCUT2D eigenvalue weighted by molar-refractivity contribution is 7.89. The van der Waals surface area contributed by atoms with Gasteiger partial charge < -0.3 is 5.11 Å². The second-order valence-electron chi connectivity index (χ2n) is 10.9. The molecule has 0 heterocycles. The number of nitrogens with zero attached hydrogens (tertiary/aromatic N) is 2. The van der Waals surface area contributed by atoms with E-state index in [-0.39, 0.29) is 21.9 Å². The van der Waals surface area contributed by atoms with E-state index in [4.69, 9.17) is 4.99 Å². The fourth-order valence-corrected chi connectivity index (χ4v) is 5.75. The zero-order valence-electron chi connectivity index (χ0n) is 23.4. The van der Waals surface area contributed by atoms with E-state index in [1.807, 2.05) is 88.4 Å². The van der Waals surface area contributed by atoms with Crippen LogP contribution in [0.25, 0.3) is 0 Å². The molecule has 0 fully saturated rings. The number of hydrogen-bond donors (Lipinski definition) is 2. The normalized spacial score (nSPS) is 13.7. The highest BCUT2D eigenvalue weighted by Crippen LogP contribution is 2.38. The minimum absolute atomic E-state index is 0.116. The van der Waals surface area contributed by atoms with Crippen LogP contribution in [0.3, 0.4) is 0 Å². The predicted octanol–water partition coefficient (Wildman–Crippen LogP) is 6.79. The van der Waals surface area contributed by atoms with Gasteiger partial charge in [0.15, 0.2) is 0 Å². The van der Waals surface area contributed by atoms with Crippen molar-refractivity contribution in [3.05, 3.63) is 135 Å². The third kappa shape index (κ3) is 7.06. The van der Waals surface area contributed by atoms with Crippen LogP contribution in [0, 0.1) is 17.0 Å². The van der Waals surface area contributed by atoms with Crippen molar-refractivity contribution in [1.82, 2.24) is 4.72 Å². The van der Waals surface area contributed by atoms with Crippen LogP contribution in [0.1, 0.15) is 60.7 Å². The minimum Gasteiger partial charge on any atom is -0.507 e. The number of rotatable bonds is 9. The molecule has 9 heteroatoms. The zero-order valence-corrected chi connectivity index (χ0v) is 24.2. The zero-order chi connectivity index (χ0) is 29.8. The van der Waals surface area contributed by atoms with Crippen molar-refractivity contribution in [3.63, 3.8) is 0 Å². The van der Waals surface area contributed by atoms with Gasteiger partial charge in [-0.3, -0.25) is 15.1 Å². The molecule has 0 aliphatic heterocycles. The Bertz CT molecular complexity index is 1650. The number of phenolic OH excluding ortho intramolecular Hbond substituents is 1. The van der Waals surface area contributed by atoms with Gasteiger partial charge in [0.2, 0.25) is 10.0 Å². The number of phenols is 1. The van der Waals surface area contributed by atoms with Crippen LogP contribution >= 0.6 is 0 Å². The molecule has 0 aliphatic rings. The number of nitro groups is 1. The van der Waals surface area contributed by atoms with Gasteiger partial charge in [-0.1, -0.05) is 99.1 Å². The van der Waals surface area contributed by atoms with Crippen molar-refractivity contribution >= 4 is 21.9 Å². The second-order valence-corrected chi connectivity index (χ2v) is 12.6. The molecule has 0 aromatic heterocycles. The molecule has 0 radical (unpaired) electrons. The smallest absolute Gasteiger partial charge is 0.270 e. The molecule has 0 bridgehead atoms. The summed E-state index contributed by atoms with van der Waals surface area (Å²) in [6.07, 6.45) is 1.38. The lowest BCUT2D eigenvalue weighted by Gasteiger charge is -2.26. The molecule has 8 nitrogen and oxygen atoms in total. The van der Waals surface area contributed by atoms with Crippen LogP contribution in [-0.4, -0.2) is 24.7 Å². The Morgan fingerprint density at radius 2 is 1.46 bits per heavy atom. The molecule has 0 saturated carbocycles. The molecule has 2 N–H and O–H groups in total. The SMILES string of the molecule is Cc1ccc(S(=O)(=O)N[C@H](c2ccccc2)[C@H](N=Cc2cc([N+](=O)[O-])cc(C(C)(C)C)c2O)c2ccccc2)cc1. The molecule has 0 amide bonds. The largest absolute Gasteiger partial charge is 0.507 e. The van der Waals surface area contributed by atoms with Crippen LogP contribution in [0.4, 0.5) is 5.69 Å². The number of aromatic hydroxyl groups is 1. The van der Waals surface area contributed by atoms with E-state index in [0.717, 1.165) is 5.56 Å². The molecule has 41 heavy (non-hydrogen) atoms. The standard InChI is InChI=1S/C32H33N3O5S/c1-22-15-17-27(18-16-22)41(39,40)34-30(24-13-9-6-10-14-24)29(23-11-7-5-8-12-23)33-21-25-19-26(35(37)38)20-28(31(25)36)32(2,3)4/h5-21,29-30,34,36H,1-4H3/t29-,30-/m1/s1. The summed E-state index contributed by atoms with van der Waals surface area (Å²) in [7, 11) is -3.98. The second kappa shape index (κ2) is 12.0. The van der Waals surface area contributed by atoms with Crippen LogP contribution in [0.5, 0.6) is 5.75 Å². The van der Waals surface area contributed by atoms with Crippen molar-refractivity contribution in [1.29, 1.82) is 0 Å². The summed E-state index contributed by atoms with van der Waals surface area (Å²) < 4.78 is 30.0. The summed E-state index contributed by atoms with van der Waals surface area (Å²) in [6.45, 7) is 7.44. The minimum atomic E-state index is -3.98. The lowest BCUT2D eigenvalue weighted by molar-refractivity contribution is -0.385. The first-order valence-corrected chi connectivity index (χ1v) is 14.6. The van der Waals surface area contributed by atoms with E-state index in [0.29, 0.717) is 16.7 Å². The van der Waals surface area contributed by atoms with Crippen molar-refractivity contribution in [2.75, 3.05) is 0 Å². The van der Waals surface area contributed by atoms with E-state index in [1.165, 1.54) is 18.3 Å². The van der Waals surface area contributed by atoms with Crippen molar-refractivity contribution in [3.8, 4) is 5.75 Å². The molecule has 4 rings (SSSR count). The van der Waals surface area contributed by atoms with Crippen LogP contribution in [0.2, 0.25) is 0 Å². The topological polar surface area (TPSA) is 122 Å². The Morgan fingerprint density at radius 1 is 0.902 bits per heavy atom. The molecule has 0 saturated heterocycles. The van der Waals surface area contributed by atoms with Gasteiger partial charge in [-0.25, -0.2) is 13.1 Å². The first kappa shape index (κ1) is 29.6. The van der Waals surface area contributed by atoms with Gasteiger partial charge in [-0.15, -0.1) is 0 Å². The molecule has 212 valence electrons. The third-order valence-electron chi connectivity index (χ3n) is 6.75. The molecule has 0 aliphatic carbocycles. The first-order chi connectivity index (χ1) is 19.4. The lowest BCUT2D eigenvalue weighted by atomic mass is 9.85. The highest BCUT2D eigenvalue weighted by Gasteiger charge is 2.30. The summed E-state index contributed by atoms with van der Waals surface area (Å²) in [5.74, 6) is -0.116. The van der Waals surface area contributed by atoms with Gasteiger partial charge in [-0.05, 0) is 35.6 Å². The Labute approximate surface area is 240 Å². The fraction of sp³-hybridized carbons (Fsp3) is 0.219. The van der Waals surface area contributed by atoms with Crippen molar-refractivity contribution in [2.24, 2.45) is 4.99 Å². The summed E-state index contributed by atoms with van der Waals surface area (Å²) >= 11 is 0. The third-order valence-corrected chi connectivity index (χ3v) is 8.20. The van der Waals surface area contributed by atoms with Crippen LogP contribution < -0.4 is 4.72 Å². The van der Waals surface area contributed by atoms with E-state index in [2.05, 4.69) is 4.72 Å². The first-order valence-electron chi connectivity index (χ1n) is 13.1. The monoisotopic (exact) mass is 571 g/mol. The summed E-state index contributed by atoms with van der Waals surface area (Å²) in [5.41, 5.74) is 2.14. The number of benzene rings is 4. The molecule has 0 unspecified atom stereocenters. The number of aryl methyl sites for hydroxylation is 1. The summed E-state index contributed by atoms with van der Waals surface area (Å²) in [4.78, 5) is 16.1. The number of aliphatic imine (C=N–C) groups is 1. The molecule has 0 spiro atoms. The number of sulfonamides is 1. The van der Waals surface area contributed by atoms with Gasteiger partial charge >= 0.3 is 0 Å². The number of nitro benzene ring substituents is 1. The lowest BCUT2D eigenvalue weighted by Crippen LogP contribution is -2.32. The van der Waals surface area contributed by atoms with Crippen molar-refractivity contribution in [2.45, 2.75) is 50.1 Å². The Balaban J connectivity index is 1.87. The number of non-ortho nitro benzene ring substituents is 1. The summed E-state index contributed by atoms with van der Waals surface area (Å²) in [5, 5.41) is 22.8. The Kier molecular flexibility index (Phi) is 8.70. The van der Waals surface area contributed by atoms with E-state index < -0.39 is 32.4 Å². The van der Waals surface area contributed by atoms with Gasteiger partial charge in [0.25, 0.3) is 5.69 Å².